The number of para-hydroxylation sites is 1. The van der Waals surface area contributed by atoms with E-state index in [9.17, 15) is 9.35 Å². The van der Waals surface area contributed by atoms with Crippen molar-refractivity contribution in [2.45, 2.75) is 70.3 Å². The molecule has 1 aromatic rings. The zero-order valence-electron chi connectivity index (χ0n) is 18.6. The van der Waals surface area contributed by atoms with Crippen LogP contribution in [0.25, 0.3) is 0 Å². The third-order valence-electron chi connectivity index (χ3n) is 5.54. The number of likely N-dealkylation sites (N-methyl/N-ethyl adjacent to an activating group) is 1. The number of nitrogens with zero attached hydrogens (tertiary/aromatic N) is 3. The number of hydrogen-bond acceptors (Lipinski definition) is 5. The Labute approximate surface area is 177 Å². The Bertz CT molecular complexity index is 802. The monoisotopic (exact) mass is 419 g/mol. The molecule has 3 rings (SSSR count). The molecule has 1 atom stereocenters. The van der Waals surface area contributed by atoms with Crippen molar-refractivity contribution in [1.29, 1.82) is 0 Å². The molecular weight excluding hydrogens is 386 g/mol. The molecule has 0 N–H and O–H groups in total. The normalized spacial score (nSPS) is 21.4. The van der Waals surface area contributed by atoms with E-state index in [0.29, 0.717) is 13.1 Å². The molecule has 0 aliphatic carbocycles. The fourth-order valence-corrected chi connectivity index (χ4v) is 4.63. The maximum atomic E-state index is 12.9. The Kier molecular flexibility index (Phi) is 5.69. The molecule has 0 saturated carbocycles. The minimum absolute atomic E-state index is 0.276. The van der Waals surface area contributed by atoms with E-state index >= 15 is 0 Å². The highest BCUT2D eigenvalue weighted by Crippen LogP contribution is 2.44. The summed E-state index contributed by atoms with van der Waals surface area (Å²) >= 11 is -1.35. The van der Waals surface area contributed by atoms with Crippen LogP contribution in [0.4, 0.5) is 10.5 Å². The molecule has 1 unspecified atom stereocenters. The van der Waals surface area contributed by atoms with Crippen LogP contribution >= 0.6 is 0 Å². The third-order valence-corrected chi connectivity index (χ3v) is 6.94. The van der Waals surface area contributed by atoms with Gasteiger partial charge in [0.25, 0.3) is 0 Å². The van der Waals surface area contributed by atoms with Gasteiger partial charge in [0, 0.05) is 31.4 Å². The predicted molar refractivity (Wildman–Crippen MR) is 119 cm³/mol. The Morgan fingerprint density at radius 1 is 1.14 bits per heavy atom. The Balaban J connectivity index is 1.91. The standard InChI is InChI=1S/C22H33N3O3S/c1-20(2,3)28-19(26)25-14-12-22(13-15-25)18(23-29(27)21(4,5)6)16-10-8-9-11-17(16)24(22)7/h8-11H,12-15H2,1-7H3. The molecule has 6 nitrogen and oxygen atoms in total. The summed E-state index contributed by atoms with van der Waals surface area (Å²) in [6, 6.07) is 8.15. The molecule has 2 heterocycles. The number of anilines is 1. The number of carbonyl (C=O) groups is 1. The van der Waals surface area contributed by atoms with Gasteiger partial charge in [0.15, 0.2) is 0 Å². The quantitative estimate of drug-likeness (QED) is 0.641. The second kappa shape index (κ2) is 7.51. The lowest BCUT2D eigenvalue weighted by Gasteiger charge is -2.44. The highest BCUT2D eigenvalue weighted by molar-refractivity contribution is 7.91. The van der Waals surface area contributed by atoms with E-state index in [1.807, 2.05) is 53.7 Å². The summed E-state index contributed by atoms with van der Waals surface area (Å²) in [5.41, 5.74) is 2.15. The van der Waals surface area contributed by atoms with Crippen molar-refractivity contribution in [1.82, 2.24) is 4.90 Å². The topological polar surface area (TPSA) is 68.2 Å². The maximum absolute atomic E-state index is 12.9. The average Bonchev–Trinajstić information content (AvgIpc) is 2.83. The first-order valence-corrected chi connectivity index (χ1v) is 11.3. The summed E-state index contributed by atoms with van der Waals surface area (Å²) in [7, 11) is 2.07. The predicted octanol–water partition coefficient (Wildman–Crippen LogP) is 4.16. The molecule has 1 amide bonds. The minimum Gasteiger partial charge on any atom is -0.591 e. The summed E-state index contributed by atoms with van der Waals surface area (Å²) in [5.74, 6) is 0. The van der Waals surface area contributed by atoms with E-state index in [1.165, 1.54) is 0 Å². The van der Waals surface area contributed by atoms with E-state index in [4.69, 9.17) is 9.13 Å². The number of amides is 1. The average molecular weight is 420 g/mol. The van der Waals surface area contributed by atoms with Crippen LogP contribution in [-0.4, -0.2) is 57.3 Å². The largest absolute Gasteiger partial charge is 0.591 e. The molecule has 160 valence electrons. The van der Waals surface area contributed by atoms with Gasteiger partial charge in [-0.15, -0.1) is 0 Å². The summed E-state index contributed by atoms with van der Waals surface area (Å²) in [6.07, 6.45) is 1.16. The van der Waals surface area contributed by atoms with Crippen molar-refractivity contribution in [2.75, 3.05) is 25.0 Å². The fraction of sp³-hybridized carbons (Fsp3) is 0.636. The lowest BCUT2D eigenvalue weighted by molar-refractivity contribution is 0.0192. The first-order chi connectivity index (χ1) is 13.3. The van der Waals surface area contributed by atoms with Gasteiger partial charge in [-0.25, -0.2) is 4.79 Å². The molecule has 0 radical (unpaired) electrons. The zero-order chi connectivity index (χ0) is 21.6. The van der Waals surface area contributed by atoms with Gasteiger partial charge in [-0.3, -0.25) is 0 Å². The van der Waals surface area contributed by atoms with Crippen LogP contribution in [0, 0.1) is 0 Å². The fourth-order valence-electron chi connectivity index (χ4n) is 3.92. The Morgan fingerprint density at radius 2 is 1.72 bits per heavy atom. The van der Waals surface area contributed by atoms with Crippen LogP contribution < -0.4 is 4.90 Å². The molecule has 1 spiro atoms. The summed E-state index contributed by atoms with van der Waals surface area (Å²) < 4.78 is 22.8. The minimum atomic E-state index is -1.35. The van der Waals surface area contributed by atoms with Crippen molar-refractivity contribution in [2.24, 2.45) is 4.40 Å². The van der Waals surface area contributed by atoms with Gasteiger partial charge in [0.1, 0.15) is 27.4 Å². The number of hydrogen-bond donors (Lipinski definition) is 0. The third kappa shape index (κ3) is 4.26. The van der Waals surface area contributed by atoms with Crippen LogP contribution in [0.5, 0.6) is 0 Å². The Hall–Kier alpha value is -1.73. The zero-order valence-corrected chi connectivity index (χ0v) is 19.4. The van der Waals surface area contributed by atoms with Gasteiger partial charge >= 0.3 is 6.09 Å². The van der Waals surface area contributed by atoms with Crippen LogP contribution in [0.2, 0.25) is 0 Å². The number of likely N-dealkylation sites (tertiary alicyclic amines) is 1. The molecule has 7 heteroatoms. The van der Waals surface area contributed by atoms with E-state index in [1.54, 1.807) is 4.90 Å². The molecule has 0 aromatic heterocycles. The lowest BCUT2D eigenvalue weighted by atomic mass is 9.82. The van der Waals surface area contributed by atoms with Crippen molar-refractivity contribution in [3.8, 4) is 0 Å². The van der Waals surface area contributed by atoms with E-state index in [2.05, 4.69) is 24.1 Å². The molecular formula is C22H33N3O3S. The molecule has 1 aromatic carbocycles. The van der Waals surface area contributed by atoms with Crippen molar-refractivity contribution >= 4 is 28.9 Å². The second-order valence-electron chi connectivity index (χ2n) is 9.88. The van der Waals surface area contributed by atoms with Gasteiger partial charge in [-0.1, -0.05) is 22.6 Å². The lowest BCUT2D eigenvalue weighted by Crippen LogP contribution is -2.57. The van der Waals surface area contributed by atoms with Crippen molar-refractivity contribution in [3.63, 3.8) is 0 Å². The second-order valence-corrected chi connectivity index (χ2v) is 11.8. The Morgan fingerprint density at radius 3 is 2.28 bits per heavy atom. The van der Waals surface area contributed by atoms with Gasteiger partial charge < -0.3 is 19.1 Å². The molecule has 1 fully saturated rings. The van der Waals surface area contributed by atoms with Crippen LogP contribution in [0.15, 0.2) is 28.7 Å². The first kappa shape index (κ1) is 22.0. The summed E-state index contributed by atoms with van der Waals surface area (Å²) in [5, 5.41) is 0. The molecule has 0 bridgehead atoms. The van der Waals surface area contributed by atoms with Gasteiger partial charge in [-0.05, 0) is 60.5 Å². The van der Waals surface area contributed by atoms with Crippen LogP contribution in [-0.2, 0) is 16.1 Å². The SMILES string of the molecule is CN1c2ccccc2C(=N[S+]([O-])C(C)(C)C)C12CCN(C(=O)OC(C)(C)C)CC2. The molecule has 29 heavy (non-hydrogen) atoms. The van der Waals surface area contributed by atoms with Gasteiger partial charge in [0.05, 0.1) is 5.54 Å². The van der Waals surface area contributed by atoms with Gasteiger partial charge in [0.2, 0.25) is 0 Å². The van der Waals surface area contributed by atoms with E-state index in [0.717, 1.165) is 29.8 Å². The van der Waals surface area contributed by atoms with Gasteiger partial charge in [-0.2, -0.15) is 0 Å². The van der Waals surface area contributed by atoms with Crippen molar-refractivity contribution < 1.29 is 14.1 Å². The van der Waals surface area contributed by atoms with E-state index < -0.39 is 21.7 Å². The van der Waals surface area contributed by atoms with Crippen LogP contribution in [0.3, 0.4) is 0 Å². The number of benzene rings is 1. The maximum Gasteiger partial charge on any atom is 0.410 e. The summed E-state index contributed by atoms with van der Waals surface area (Å²) in [6.45, 7) is 12.6. The van der Waals surface area contributed by atoms with Crippen LogP contribution in [0.1, 0.15) is 59.9 Å². The number of fused-ring (bicyclic) bond motifs is 1. The highest BCUT2D eigenvalue weighted by atomic mass is 32.2. The molecule has 2 aliphatic heterocycles. The molecule has 2 aliphatic rings. The number of ether oxygens (including phenoxy) is 1. The first-order valence-electron chi connectivity index (χ1n) is 10.2. The highest BCUT2D eigenvalue weighted by Gasteiger charge is 2.51. The van der Waals surface area contributed by atoms with Crippen molar-refractivity contribution in [3.05, 3.63) is 29.8 Å². The molecule has 1 saturated heterocycles. The number of rotatable bonds is 1. The smallest absolute Gasteiger partial charge is 0.410 e. The number of carbonyl (C=O) groups excluding carboxylic acids is 1. The van der Waals surface area contributed by atoms with E-state index in [-0.39, 0.29) is 11.6 Å². The number of piperidine rings is 1. The summed E-state index contributed by atoms with van der Waals surface area (Å²) in [4.78, 5) is 16.5.